The van der Waals surface area contributed by atoms with Crippen LogP contribution in [0.2, 0.25) is 5.02 Å². The predicted molar refractivity (Wildman–Crippen MR) is 72.2 cm³/mol. The summed E-state index contributed by atoms with van der Waals surface area (Å²) in [5.41, 5.74) is 0. The molecule has 1 aliphatic heterocycles. The molecular weight excluding hydrogens is 306 g/mol. The minimum Gasteiger partial charge on any atom is -0.481 e. The Labute approximate surface area is 122 Å². The molecule has 0 aromatic heterocycles. The van der Waals surface area contributed by atoms with Crippen LogP contribution in [-0.4, -0.2) is 49.6 Å². The van der Waals surface area contributed by atoms with Gasteiger partial charge in [0.1, 0.15) is 0 Å². The Morgan fingerprint density at radius 1 is 1.40 bits per heavy atom. The van der Waals surface area contributed by atoms with Gasteiger partial charge in [-0.2, -0.15) is 4.31 Å². The lowest BCUT2D eigenvalue weighted by Crippen LogP contribution is -2.46. The minimum absolute atomic E-state index is 0.0389. The Morgan fingerprint density at radius 2 is 2.05 bits per heavy atom. The number of morpholine rings is 1. The van der Waals surface area contributed by atoms with Crippen molar-refractivity contribution in [1.29, 1.82) is 0 Å². The molecule has 1 aliphatic rings. The van der Waals surface area contributed by atoms with Gasteiger partial charge in [0.15, 0.2) is 0 Å². The SMILES string of the molecule is O=C(O)CC1CN(S(=O)(=O)c2ccc(Cl)cc2)CCO1. The molecule has 0 radical (unpaired) electrons. The van der Waals surface area contributed by atoms with Crippen molar-refractivity contribution >= 4 is 27.6 Å². The van der Waals surface area contributed by atoms with Crippen molar-refractivity contribution in [1.82, 2.24) is 4.31 Å². The van der Waals surface area contributed by atoms with E-state index in [2.05, 4.69) is 0 Å². The zero-order chi connectivity index (χ0) is 14.8. The lowest BCUT2D eigenvalue weighted by Gasteiger charge is -2.31. The Bertz CT molecular complexity index is 586. The summed E-state index contributed by atoms with van der Waals surface area (Å²) in [7, 11) is -3.65. The highest BCUT2D eigenvalue weighted by molar-refractivity contribution is 7.89. The highest BCUT2D eigenvalue weighted by Crippen LogP contribution is 2.21. The number of rotatable bonds is 4. The first-order valence-electron chi connectivity index (χ1n) is 5.98. The molecule has 110 valence electrons. The fourth-order valence-electron chi connectivity index (χ4n) is 1.98. The topological polar surface area (TPSA) is 83.9 Å². The van der Waals surface area contributed by atoms with Gasteiger partial charge in [-0.05, 0) is 24.3 Å². The van der Waals surface area contributed by atoms with Crippen molar-refractivity contribution in [2.45, 2.75) is 17.4 Å². The van der Waals surface area contributed by atoms with Crippen LogP contribution in [0.1, 0.15) is 6.42 Å². The fraction of sp³-hybridized carbons (Fsp3) is 0.417. The van der Waals surface area contributed by atoms with Gasteiger partial charge in [-0.15, -0.1) is 0 Å². The van der Waals surface area contributed by atoms with Gasteiger partial charge in [-0.1, -0.05) is 11.6 Å². The van der Waals surface area contributed by atoms with Gasteiger partial charge in [-0.3, -0.25) is 4.79 Å². The molecule has 0 saturated carbocycles. The molecule has 1 atom stereocenters. The molecular formula is C12H14ClNO5S. The predicted octanol–water partition coefficient (Wildman–Crippen LogP) is 1.20. The monoisotopic (exact) mass is 319 g/mol. The van der Waals surface area contributed by atoms with E-state index in [0.717, 1.165) is 0 Å². The summed E-state index contributed by atoms with van der Waals surface area (Å²) in [5, 5.41) is 9.19. The number of halogens is 1. The van der Waals surface area contributed by atoms with Crippen LogP contribution in [0.4, 0.5) is 0 Å². The smallest absolute Gasteiger partial charge is 0.306 e. The van der Waals surface area contributed by atoms with Crippen LogP contribution in [0.3, 0.4) is 0 Å². The maximum absolute atomic E-state index is 12.4. The quantitative estimate of drug-likeness (QED) is 0.901. The third-order valence-electron chi connectivity index (χ3n) is 2.96. The normalized spacial score (nSPS) is 20.8. The molecule has 20 heavy (non-hydrogen) atoms. The van der Waals surface area contributed by atoms with Gasteiger partial charge in [0.05, 0.1) is 24.0 Å². The second kappa shape index (κ2) is 6.09. The Morgan fingerprint density at radius 3 is 2.65 bits per heavy atom. The molecule has 6 nitrogen and oxygen atoms in total. The van der Waals surface area contributed by atoms with Crippen LogP contribution in [0.15, 0.2) is 29.2 Å². The Kier molecular flexibility index (Phi) is 4.64. The van der Waals surface area contributed by atoms with Crippen molar-refractivity contribution in [2.75, 3.05) is 19.7 Å². The maximum atomic E-state index is 12.4. The van der Waals surface area contributed by atoms with Gasteiger partial charge in [0.25, 0.3) is 0 Å². The number of aliphatic carboxylic acids is 1. The lowest BCUT2D eigenvalue weighted by atomic mass is 10.2. The summed E-state index contributed by atoms with van der Waals surface area (Å²) in [6.45, 7) is 0.434. The molecule has 8 heteroatoms. The molecule has 1 aromatic carbocycles. The highest BCUT2D eigenvalue weighted by Gasteiger charge is 2.31. The number of benzene rings is 1. The van der Waals surface area contributed by atoms with E-state index in [1.807, 2.05) is 0 Å². The first-order valence-corrected chi connectivity index (χ1v) is 7.80. The largest absolute Gasteiger partial charge is 0.481 e. The zero-order valence-electron chi connectivity index (χ0n) is 10.5. The number of ether oxygens (including phenoxy) is 1. The van der Waals surface area contributed by atoms with E-state index in [-0.39, 0.29) is 31.0 Å². The summed E-state index contributed by atoms with van der Waals surface area (Å²) in [4.78, 5) is 10.8. The van der Waals surface area contributed by atoms with E-state index in [1.54, 1.807) is 0 Å². The molecule has 0 aliphatic carbocycles. The zero-order valence-corrected chi connectivity index (χ0v) is 12.1. The van der Waals surface area contributed by atoms with Crippen LogP contribution in [0, 0.1) is 0 Å². The number of hydrogen-bond acceptors (Lipinski definition) is 4. The molecule has 1 saturated heterocycles. The fourth-order valence-corrected chi connectivity index (χ4v) is 3.57. The van der Waals surface area contributed by atoms with Crippen molar-refractivity contribution < 1.29 is 23.1 Å². The van der Waals surface area contributed by atoms with Crippen LogP contribution in [0.25, 0.3) is 0 Å². The molecule has 0 spiro atoms. The first-order chi connectivity index (χ1) is 9.39. The van der Waals surface area contributed by atoms with Crippen molar-refractivity contribution in [3.63, 3.8) is 0 Å². The van der Waals surface area contributed by atoms with E-state index in [9.17, 15) is 13.2 Å². The van der Waals surface area contributed by atoms with Gasteiger partial charge >= 0.3 is 5.97 Å². The standard InChI is InChI=1S/C12H14ClNO5S/c13-9-1-3-11(4-2-9)20(17,18)14-5-6-19-10(8-14)7-12(15)16/h1-4,10H,5-8H2,(H,15,16). The average molecular weight is 320 g/mol. The van der Waals surface area contributed by atoms with E-state index >= 15 is 0 Å². The average Bonchev–Trinajstić information content (AvgIpc) is 2.39. The van der Waals surface area contributed by atoms with Crippen LogP contribution < -0.4 is 0 Å². The molecule has 1 heterocycles. The molecule has 2 rings (SSSR count). The summed E-state index contributed by atoms with van der Waals surface area (Å²) in [5.74, 6) is -1.01. The van der Waals surface area contributed by atoms with E-state index in [4.69, 9.17) is 21.4 Å². The van der Waals surface area contributed by atoms with E-state index in [0.29, 0.717) is 5.02 Å². The number of nitrogens with zero attached hydrogens (tertiary/aromatic N) is 1. The number of carboxylic acids is 1. The molecule has 1 aromatic rings. The molecule has 0 amide bonds. The summed E-state index contributed by atoms with van der Waals surface area (Å²) in [6, 6.07) is 5.87. The van der Waals surface area contributed by atoms with E-state index in [1.165, 1.54) is 28.6 Å². The number of hydrogen-bond donors (Lipinski definition) is 1. The van der Waals surface area contributed by atoms with Crippen LogP contribution >= 0.6 is 11.6 Å². The molecule has 0 bridgehead atoms. The minimum atomic E-state index is -3.65. The first kappa shape index (κ1) is 15.2. The Hall–Kier alpha value is -1.15. The van der Waals surface area contributed by atoms with Gasteiger partial charge < -0.3 is 9.84 Å². The summed E-state index contributed by atoms with van der Waals surface area (Å²) in [6.07, 6.45) is -0.838. The molecule has 1 unspecified atom stereocenters. The molecule has 1 N–H and O–H groups in total. The second-order valence-corrected chi connectivity index (χ2v) is 6.78. The molecule has 1 fully saturated rings. The third kappa shape index (κ3) is 3.49. The second-order valence-electron chi connectivity index (χ2n) is 4.41. The summed E-state index contributed by atoms with van der Waals surface area (Å²) < 4.78 is 31.3. The van der Waals surface area contributed by atoms with Gasteiger partial charge in [-0.25, -0.2) is 8.42 Å². The van der Waals surface area contributed by atoms with Crippen molar-refractivity contribution in [3.8, 4) is 0 Å². The number of sulfonamides is 1. The van der Waals surface area contributed by atoms with Crippen LogP contribution in [0.5, 0.6) is 0 Å². The maximum Gasteiger partial charge on any atom is 0.306 e. The highest BCUT2D eigenvalue weighted by atomic mass is 35.5. The van der Waals surface area contributed by atoms with Crippen LogP contribution in [-0.2, 0) is 19.6 Å². The van der Waals surface area contributed by atoms with Crippen molar-refractivity contribution in [3.05, 3.63) is 29.3 Å². The van der Waals surface area contributed by atoms with Gasteiger partial charge in [0.2, 0.25) is 10.0 Å². The van der Waals surface area contributed by atoms with Crippen molar-refractivity contribution in [2.24, 2.45) is 0 Å². The third-order valence-corrected chi connectivity index (χ3v) is 5.09. The van der Waals surface area contributed by atoms with E-state index < -0.39 is 22.1 Å². The Balaban J connectivity index is 2.16. The lowest BCUT2D eigenvalue weighted by molar-refractivity contribution is -0.141. The number of carboxylic acid groups (broad SMARTS) is 1. The van der Waals surface area contributed by atoms with Gasteiger partial charge in [0, 0.05) is 18.1 Å². The number of carbonyl (C=O) groups is 1. The summed E-state index contributed by atoms with van der Waals surface area (Å²) >= 11 is 5.73.